The van der Waals surface area contributed by atoms with Gasteiger partial charge >= 0.3 is 11.9 Å². The summed E-state index contributed by atoms with van der Waals surface area (Å²) in [5.74, 6) is -0.581. The molecule has 33 heavy (non-hydrogen) atoms. The van der Waals surface area contributed by atoms with Crippen molar-refractivity contribution in [2.75, 3.05) is 13.2 Å². The Morgan fingerprint density at radius 3 is 1.70 bits per heavy atom. The normalized spacial score (nSPS) is 10.9. The van der Waals surface area contributed by atoms with Gasteiger partial charge in [-0.2, -0.15) is 0 Å². The fourth-order valence-corrected chi connectivity index (χ4v) is 3.86. The largest absolute Gasteiger partial charge is 0.462 e. The summed E-state index contributed by atoms with van der Waals surface area (Å²) in [6.07, 6.45) is 3.41. The maximum absolute atomic E-state index is 12.3. The molecule has 4 aromatic rings. The van der Waals surface area contributed by atoms with E-state index < -0.39 is 0 Å². The fourth-order valence-electron chi connectivity index (χ4n) is 3.86. The Bertz CT molecular complexity index is 1280. The topological polar surface area (TPSA) is 52.6 Å². The van der Waals surface area contributed by atoms with Gasteiger partial charge in [0, 0.05) is 0 Å². The highest BCUT2D eigenvalue weighted by molar-refractivity contribution is 5.96. The molecule has 4 heteroatoms. The lowest BCUT2D eigenvalue weighted by Gasteiger charge is -2.07. The molecule has 0 saturated heterocycles. The Kier molecular flexibility index (Phi) is 7.36. The highest BCUT2D eigenvalue weighted by Gasteiger charge is 2.09. The predicted molar refractivity (Wildman–Crippen MR) is 132 cm³/mol. The maximum Gasteiger partial charge on any atom is 0.338 e. The highest BCUT2D eigenvalue weighted by atomic mass is 16.5. The van der Waals surface area contributed by atoms with Gasteiger partial charge in [-0.15, -0.1) is 0 Å². The first kappa shape index (κ1) is 22.5. The van der Waals surface area contributed by atoms with E-state index >= 15 is 0 Å². The van der Waals surface area contributed by atoms with Gasteiger partial charge in [0.1, 0.15) is 0 Å². The van der Waals surface area contributed by atoms with E-state index in [9.17, 15) is 9.59 Å². The standard InChI is InChI=1S/C29H28O4/c1-21-10-11-25-20-27(15-13-24(25)18-21)29(31)33-17-7-3-2-6-16-32-28(30)26-14-12-22-8-4-5-9-23(22)19-26/h4-5,8-15,18-20H,2-3,6-7,16-17H2,1H3. The van der Waals surface area contributed by atoms with Crippen LogP contribution in [0.15, 0.2) is 78.9 Å². The van der Waals surface area contributed by atoms with Crippen molar-refractivity contribution in [3.8, 4) is 0 Å². The van der Waals surface area contributed by atoms with Crippen LogP contribution in [0.25, 0.3) is 21.5 Å². The lowest BCUT2D eigenvalue weighted by atomic mass is 10.0. The summed E-state index contributed by atoms with van der Waals surface area (Å²) >= 11 is 0. The van der Waals surface area contributed by atoms with Crippen molar-refractivity contribution >= 4 is 33.5 Å². The predicted octanol–water partition coefficient (Wildman–Crippen LogP) is 6.88. The van der Waals surface area contributed by atoms with E-state index in [4.69, 9.17) is 9.47 Å². The molecule has 0 fully saturated rings. The van der Waals surface area contributed by atoms with Gasteiger partial charge in [-0.3, -0.25) is 0 Å². The second-order valence-electron chi connectivity index (χ2n) is 8.31. The minimum Gasteiger partial charge on any atom is -0.462 e. The van der Waals surface area contributed by atoms with Crippen LogP contribution in [0.2, 0.25) is 0 Å². The zero-order valence-electron chi connectivity index (χ0n) is 18.9. The molecule has 0 aliphatic heterocycles. The number of carbonyl (C=O) groups is 2. The molecule has 0 aliphatic rings. The Morgan fingerprint density at radius 2 is 1.06 bits per heavy atom. The smallest absolute Gasteiger partial charge is 0.338 e. The summed E-state index contributed by atoms with van der Waals surface area (Å²) in [6, 6.07) is 25.3. The van der Waals surface area contributed by atoms with E-state index in [1.54, 1.807) is 6.07 Å². The lowest BCUT2D eigenvalue weighted by Crippen LogP contribution is -2.07. The Hall–Kier alpha value is -3.66. The molecular weight excluding hydrogens is 412 g/mol. The molecule has 4 aromatic carbocycles. The number of rotatable bonds is 9. The summed E-state index contributed by atoms with van der Waals surface area (Å²) in [6.45, 7) is 2.83. The van der Waals surface area contributed by atoms with Crippen LogP contribution in [-0.2, 0) is 9.47 Å². The molecular formula is C29H28O4. The van der Waals surface area contributed by atoms with Crippen molar-refractivity contribution in [1.82, 2.24) is 0 Å². The third-order valence-electron chi connectivity index (χ3n) is 5.72. The van der Waals surface area contributed by atoms with Gasteiger partial charge in [0.05, 0.1) is 24.3 Å². The van der Waals surface area contributed by atoms with Crippen molar-refractivity contribution in [2.45, 2.75) is 32.6 Å². The molecule has 0 radical (unpaired) electrons. The SMILES string of the molecule is Cc1ccc2cc(C(=O)OCCCCCCOC(=O)c3ccc4ccccc4c3)ccc2c1. The Labute approximate surface area is 194 Å². The van der Waals surface area contributed by atoms with Crippen molar-refractivity contribution < 1.29 is 19.1 Å². The van der Waals surface area contributed by atoms with Gasteiger partial charge < -0.3 is 9.47 Å². The second kappa shape index (κ2) is 10.8. The van der Waals surface area contributed by atoms with Crippen molar-refractivity contribution in [1.29, 1.82) is 0 Å². The number of aryl methyl sites for hydroxylation is 1. The van der Waals surface area contributed by atoms with Crippen LogP contribution in [0.3, 0.4) is 0 Å². The van der Waals surface area contributed by atoms with Gasteiger partial charge in [-0.05, 0) is 78.4 Å². The molecule has 0 amide bonds. The quantitative estimate of drug-likeness (QED) is 0.210. The summed E-state index contributed by atoms with van der Waals surface area (Å²) in [7, 11) is 0. The Balaban J connectivity index is 1.12. The fraction of sp³-hybridized carbons (Fsp3) is 0.241. The van der Waals surface area contributed by atoms with Crippen molar-refractivity contribution in [3.63, 3.8) is 0 Å². The van der Waals surface area contributed by atoms with Crippen molar-refractivity contribution in [3.05, 3.63) is 95.6 Å². The first-order valence-electron chi connectivity index (χ1n) is 11.4. The van der Waals surface area contributed by atoms with E-state index in [1.165, 1.54) is 5.56 Å². The zero-order chi connectivity index (χ0) is 23.0. The third-order valence-corrected chi connectivity index (χ3v) is 5.72. The number of unbranched alkanes of at least 4 members (excludes halogenated alkanes) is 3. The minimum absolute atomic E-state index is 0.290. The minimum atomic E-state index is -0.291. The number of benzene rings is 4. The number of hydrogen-bond acceptors (Lipinski definition) is 4. The van der Waals surface area contributed by atoms with Gasteiger partial charge in [-0.25, -0.2) is 9.59 Å². The van der Waals surface area contributed by atoms with Crippen molar-refractivity contribution in [2.24, 2.45) is 0 Å². The first-order valence-corrected chi connectivity index (χ1v) is 11.4. The average molecular weight is 441 g/mol. The molecule has 0 heterocycles. The van der Waals surface area contributed by atoms with Gasteiger partial charge in [0.15, 0.2) is 0 Å². The summed E-state index contributed by atoms with van der Waals surface area (Å²) < 4.78 is 10.8. The molecule has 0 aliphatic carbocycles. The molecule has 0 N–H and O–H groups in total. The van der Waals surface area contributed by atoms with Crippen LogP contribution in [-0.4, -0.2) is 25.2 Å². The highest BCUT2D eigenvalue weighted by Crippen LogP contribution is 2.19. The molecule has 168 valence electrons. The molecule has 0 unspecified atom stereocenters. The molecule has 4 rings (SSSR count). The number of carbonyl (C=O) groups excluding carboxylic acids is 2. The van der Waals surface area contributed by atoms with E-state index in [0.717, 1.165) is 47.2 Å². The lowest BCUT2D eigenvalue weighted by molar-refractivity contribution is 0.0474. The Morgan fingerprint density at radius 1 is 0.576 bits per heavy atom. The molecule has 0 atom stereocenters. The molecule has 4 nitrogen and oxygen atoms in total. The third kappa shape index (κ3) is 5.98. The van der Waals surface area contributed by atoms with Gasteiger partial charge in [-0.1, -0.05) is 60.2 Å². The van der Waals surface area contributed by atoms with E-state index in [0.29, 0.717) is 24.3 Å². The first-order chi connectivity index (χ1) is 16.1. The number of hydrogen-bond donors (Lipinski definition) is 0. The monoisotopic (exact) mass is 440 g/mol. The maximum atomic E-state index is 12.3. The molecule has 0 saturated carbocycles. The summed E-state index contributed by atoms with van der Waals surface area (Å²) in [4.78, 5) is 24.6. The number of esters is 2. The van der Waals surface area contributed by atoms with E-state index in [2.05, 4.69) is 13.0 Å². The van der Waals surface area contributed by atoms with Crippen LogP contribution in [0, 0.1) is 6.92 Å². The molecule has 0 bridgehead atoms. The van der Waals surface area contributed by atoms with E-state index in [-0.39, 0.29) is 11.9 Å². The van der Waals surface area contributed by atoms with Gasteiger partial charge in [0.25, 0.3) is 0 Å². The van der Waals surface area contributed by atoms with Crippen LogP contribution in [0.1, 0.15) is 52.0 Å². The van der Waals surface area contributed by atoms with E-state index in [1.807, 2.05) is 66.7 Å². The second-order valence-corrected chi connectivity index (χ2v) is 8.31. The summed E-state index contributed by atoms with van der Waals surface area (Å²) in [5.41, 5.74) is 2.35. The van der Waals surface area contributed by atoms with Gasteiger partial charge in [0.2, 0.25) is 0 Å². The number of ether oxygens (including phenoxy) is 2. The van der Waals surface area contributed by atoms with Crippen LogP contribution >= 0.6 is 0 Å². The van der Waals surface area contributed by atoms with Crippen LogP contribution in [0.4, 0.5) is 0 Å². The molecule has 0 aromatic heterocycles. The molecule has 0 spiro atoms. The number of fused-ring (bicyclic) bond motifs is 2. The zero-order valence-corrected chi connectivity index (χ0v) is 18.9. The summed E-state index contributed by atoms with van der Waals surface area (Å²) in [5, 5.41) is 4.28. The average Bonchev–Trinajstić information content (AvgIpc) is 2.84. The van der Waals surface area contributed by atoms with Crippen LogP contribution in [0.5, 0.6) is 0 Å². The van der Waals surface area contributed by atoms with Crippen LogP contribution < -0.4 is 0 Å².